The Morgan fingerprint density at radius 1 is 1.33 bits per heavy atom. The highest BCUT2D eigenvalue weighted by Gasteiger charge is 2.28. The SMILES string of the molecule is CN(CCN1C(=O)CNC1=O)C1CCCNCC1. The second-order valence-electron chi connectivity index (χ2n) is 5.02. The number of amides is 3. The summed E-state index contributed by atoms with van der Waals surface area (Å²) in [4.78, 5) is 26.4. The quantitative estimate of drug-likeness (QED) is 0.671. The van der Waals surface area contributed by atoms with Crippen molar-refractivity contribution in [3.05, 3.63) is 0 Å². The fourth-order valence-corrected chi connectivity index (χ4v) is 2.56. The van der Waals surface area contributed by atoms with Crippen LogP contribution in [-0.4, -0.2) is 67.6 Å². The summed E-state index contributed by atoms with van der Waals surface area (Å²) in [5.74, 6) is -0.115. The van der Waals surface area contributed by atoms with Crippen LogP contribution in [0, 0.1) is 0 Å². The Labute approximate surface area is 108 Å². The molecule has 0 bridgehead atoms. The number of imide groups is 1. The minimum Gasteiger partial charge on any atom is -0.329 e. The van der Waals surface area contributed by atoms with Gasteiger partial charge in [0.2, 0.25) is 5.91 Å². The van der Waals surface area contributed by atoms with Gasteiger partial charge in [-0.2, -0.15) is 0 Å². The van der Waals surface area contributed by atoms with Crippen molar-refractivity contribution in [3.8, 4) is 0 Å². The molecule has 0 spiro atoms. The van der Waals surface area contributed by atoms with E-state index in [1.54, 1.807) is 0 Å². The Hall–Kier alpha value is -1.14. The molecule has 0 aliphatic carbocycles. The monoisotopic (exact) mass is 254 g/mol. The molecule has 2 N–H and O–H groups in total. The standard InChI is InChI=1S/C12H22N4O2/c1-15(10-3-2-5-13-6-4-10)7-8-16-11(17)9-14-12(16)18/h10,13H,2-9H2,1H3,(H,14,18). The summed E-state index contributed by atoms with van der Waals surface area (Å²) in [6.45, 7) is 3.54. The minimum absolute atomic E-state index is 0.115. The maximum Gasteiger partial charge on any atom is 0.324 e. The highest BCUT2D eigenvalue weighted by atomic mass is 16.2. The zero-order chi connectivity index (χ0) is 13.0. The van der Waals surface area contributed by atoms with E-state index in [9.17, 15) is 9.59 Å². The van der Waals surface area contributed by atoms with E-state index in [1.807, 2.05) is 0 Å². The van der Waals surface area contributed by atoms with Gasteiger partial charge in [0.25, 0.3) is 0 Å². The highest BCUT2D eigenvalue weighted by molar-refractivity contribution is 6.01. The van der Waals surface area contributed by atoms with E-state index >= 15 is 0 Å². The second kappa shape index (κ2) is 6.15. The first-order valence-electron chi connectivity index (χ1n) is 6.67. The Kier molecular flexibility index (Phi) is 4.54. The maximum atomic E-state index is 11.4. The van der Waals surface area contributed by atoms with Crippen molar-refractivity contribution in [2.45, 2.75) is 25.3 Å². The number of carbonyl (C=O) groups is 2. The second-order valence-corrected chi connectivity index (χ2v) is 5.02. The van der Waals surface area contributed by atoms with Crippen LogP contribution in [0.1, 0.15) is 19.3 Å². The van der Waals surface area contributed by atoms with Gasteiger partial charge in [0.05, 0.1) is 6.54 Å². The van der Waals surface area contributed by atoms with E-state index in [2.05, 4.69) is 22.6 Å². The lowest BCUT2D eigenvalue weighted by atomic mass is 10.1. The maximum absolute atomic E-state index is 11.4. The Bertz CT molecular complexity index is 297. The third-order valence-electron chi connectivity index (χ3n) is 3.78. The molecule has 2 fully saturated rings. The summed E-state index contributed by atoms with van der Waals surface area (Å²) in [5.41, 5.74) is 0. The Morgan fingerprint density at radius 3 is 2.89 bits per heavy atom. The van der Waals surface area contributed by atoms with Crippen molar-refractivity contribution in [1.29, 1.82) is 0 Å². The molecule has 1 unspecified atom stereocenters. The number of hydrogen-bond acceptors (Lipinski definition) is 4. The van der Waals surface area contributed by atoms with E-state index in [4.69, 9.17) is 0 Å². The Balaban J connectivity index is 1.78. The van der Waals surface area contributed by atoms with Crippen molar-refractivity contribution in [2.75, 3.05) is 39.8 Å². The number of nitrogens with zero attached hydrogens (tertiary/aromatic N) is 2. The molecule has 3 amide bonds. The molecule has 102 valence electrons. The van der Waals surface area contributed by atoms with Gasteiger partial charge in [0.1, 0.15) is 0 Å². The molecule has 6 heteroatoms. The molecule has 1 atom stereocenters. The van der Waals surface area contributed by atoms with Crippen molar-refractivity contribution in [2.24, 2.45) is 0 Å². The largest absolute Gasteiger partial charge is 0.329 e. The molecule has 0 aromatic carbocycles. The van der Waals surface area contributed by atoms with Gasteiger partial charge >= 0.3 is 6.03 Å². The van der Waals surface area contributed by atoms with Crippen LogP contribution in [0.3, 0.4) is 0 Å². The first-order valence-corrected chi connectivity index (χ1v) is 6.67. The average Bonchev–Trinajstić information content (AvgIpc) is 2.61. The van der Waals surface area contributed by atoms with E-state index in [0.29, 0.717) is 12.6 Å². The summed E-state index contributed by atoms with van der Waals surface area (Å²) in [7, 11) is 2.08. The van der Waals surface area contributed by atoms with Crippen LogP contribution in [-0.2, 0) is 4.79 Å². The number of hydrogen-bond donors (Lipinski definition) is 2. The van der Waals surface area contributed by atoms with Gasteiger partial charge in [0, 0.05) is 19.1 Å². The molecule has 2 rings (SSSR count). The smallest absolute Gasteiger partial charge is 0.324 e. The fraction of sp³-hybridized carbons (Fsp3) is 0.833. The van der Waals surface area contributed by atoms with Crippen LogP contribution in [0.2, 0.25) is 0 Å². The molecular weight excluding hydrogens is 232 g/mol. The lowest BCUT2D eigenvalue weighted by Gasteiger charge is -2.28. The van der Waals surface area contributed by atoms with E-state index in [1.165, 1.54) is 17.7 Å². The van der Waals surface area contributed by atoms with Crippen molar-refractivity contribution < 1.29 is 9.59 Å². The van der Waals surface area contributed by atoms with E-state index in [-0.39, 0.29) is 18.5 Å². The molecule has 0 aromatic heterocycles. The molecule has 18 heavy (non-hydrogen) atoms. The third-order valence-corrected chi connectivity index (χ3v) is 3.78. The highest BCUT2D eigenvalue weighted by Crippen LogP contribution is 2.11. The zero-order valence-electron chi connectivity index (χ0n) is 10.9. The van der Waals surface area contributed by atoms with Crippen LogP contribution >= 0.6 is 0 Å². The molecular formula is C12H22N4O2. The lowest BCUT2D eigenvalue weighted by molar-refractivity contribution is -0.125. The number of urea groups is 1. The molecule has 0 saturated carbocycles. The van der Waals surface area contributed by atoms with Gasteiger partial charge in [-0.1, -0.05) is 0 Å². The molecule has 6 nitrogen and oxygen atoms in total. The van der Waals surface area contributed by atoms with Crippen molar-refractivity contribution in [3.63, 3.8) is 0 Å². The summed E-state index contributed by atoms with van der Waals surface area (Å²) in [5, 5.41) is 5.93. The van der Waals surface area contributed by atoms with E-state index in [0.717, 1.165) is 26.1 Å². The molecule has 2 aliphatic rings. The fourth-order valence-electron chi connectivity index (χ4n) is 2.56. The molecule has 0 radical (unpaired) electrons. The predicted octanol–water partition coefficient (Wildman–Crippen LogP) is -0.388. The number of rotatable bonds is 4. The first-order chi connectivity index (χ1) is 8.68. The average molecular weight is 254 g/mol. The van der Waals surface area contributed by atoms with Gasteiger partial charge in [-0.15, -0.1) is 0 Å². The van der Waals surface area contributed by atoms with Gasteiger partial charge in [-0.3, -0.25) is 9.69 Å². The van der Waals surface area contributed by atoms with Crippen molar-refractivity contribution in [1.82, 2.24) is 20.4 Å². The van der Waals surface area contributed by atoms with Crippen LogP contribution in [0.15, 0.2) is 0 Å². The van der Waals surface area contributed by atoms with Crippen molar-refractivity contribution >= 4 is 11.9 Å². The number of carbonyl (C=O) groups excluding carboxylic acids is 2. The molecule has 2 aliphatic heterocycles. The van der Waals surface area contributed by atoms with Gasteiger partial charge < -0.3 is 15.5 Å². The lowest BCUT2D eigenvalue weighted by Crippen LogP contribution is -2.41. The first kappa shape index (κ1) is 13.3. The topological polar surface area (TPSA) is 64.7 Å². The minimum atomic E-state index is -0.254. The Morgan fingerprint density at radius 2 is 2.17 bits per heavy atom. The van der Waals surface area contributed by atoms with Gasteiger partial charge in [-0.05, 0) is 39.4 Å². The summed E-state index contributed by atoms with van der Waals surface area (Å²) >= 11 is 0. The predicted molar refractivity (Wildman–Crippen MR) is 68.3 cm³/mol. The third kappa shape index (κ3) is 3.20. The molecule has 0 aromatic rings. The van der Waals surface area contributed by atoms with E-state index < -0.39 is 0 Å². The normalized spacial score (nSPS) is 25.4. The molecule has 2 heterocycles. The van der Waals surface area contributed by atoms with Crippen LogP contribution in [0.4, 0.5) is 4.79 Å². The van der Waals surface area contributed by atoms with Gasteiger partial charge in [0.15, 0.2) is 0 Å². The summed E-state index contributed by atoms with van der Waals surface area (Å²) in [6, 6.07) is 0.302. The van der Waals surface area contributed by atoms with Crippen LogP contribution < -0.4 is 10.6 Å². The summed E-state index contributed by atoms with van der Waals surface area (Å²) in [6.07, 6.45) is 3.51. The van der Waals surface area contributed by atoms with Crippen LogP contribution in [0.5, 0.6) is 0 Å². The zero-order valence-corrected chi connectivity index (χ0v) is 10.9. The summed E-state index contributed by atoms with van der Waals surface area (Å²) < 4.78 is 0. The van der Waals surface area contributed by atoms with Crippen LogP contribution in [0.25, 0.3) is 0 Å². The van der Waals surface area contributed by atoms with Gasteiger partial charge in [-0.25, -0.2) is 4.79 Å². The number of nitrogens with one attached hydrogen (secondary N) is 2. The number of likely N-dealkylation sites (N-methyl/N-ethyl adjacent to an activating group) is 1. The molecule has 2 saturated heterocycles.